The van der Waals surface area contributed by atoms with Crippen LogP contribution in [0.3, 0.4) is 0 Å². The predicted octanol–water partition coefficient (Wildman–Crippen LogP) is 2.55. The number of aliphatic hydroxyl groups is 1. The number of amides is 2. The molecule has 1 fully saturated rings. The van der Waals surface area contributed by atoms with Crippen molar-refractivity contribution < 1.29 is 23.8 Å². The van der Waals surface area contributed by atoms with Gasteiger partial charge in [-0.25, -0.2) is 4.79 Å². The van der Waals surface area contributed by atoms with Gasteiger partial charge >= 0.3 is 6.09 Å². The third-order valence-electron chi connectivity index (χ3n) is 5.49. The maximum atomic E-state index is 12.9. The minimum atomic E-state index is -1.23. The van der Waals surface area contributed by atoms with E-state index in [1.807, 2.05) is 46.4 Å². The Morgan fingerprint density at radius 3 is 2.13 bits per heavy atom. The van der Waals surface area contributed by atoms with E-state index >= 15 is 0 Å². The third-order valence-corrected chi connectivity index (χ3v) is 5.49. The lowest BCUT2D eigenvalue weighted by molar-refractivity contribution is -0.134. The number of carbonyl (C=O) groups excluding carboxylic acids is 2. The molecular weight excluding hydrogens is 386 g/mol. The first kappa shape index (κ1) is 24.2. The lowest BCUT2D eigenvalue weighted by Crippen LogP contribution is -2.62. The van der Waals surface area contributed by atoms with Crippen LogP contribution in [0.5, 0.6) is 0 Å². The van der Waals surface area contributed by atoms with Crippen LogP contribution in [-0.2, 0) is 15.1 Å². The van der Waals surface area contributed by atoms with Gasteiger partial charge in [-0.15, -0.1) is 0 Å². The molecule has 1 saturated heterocycles. The fraction of sp³-hybridized carbons (Fsp3) is 0.727. The predicted molar refractivity (Wildman–Crippen MR) is 114 cm³/mol. The summed E-state index contributed by atoms with van der Waals surface area (Å²) < 4.78 is 10.9. The monoisotopic (exact) mass is 423 g/mol. The summed E-state index contributed by atoms with van der Waals surface area (Å²) in [6, 6.07) is 1.79. The first-order chi connectivity index (χ1) is 13.6. The van der Waals surface area contributed by atoms with Crippen molar-refractivity contribution in [2.24, 2.45) is 0 Å². The van der Waals surface area contributed by atoms with E-state index < -0.39 is 16.7 Å². The molecule has 0 aliphatic carbocycles. The first-order valence-corrected chi connectivity index (χ1v) is 10.4. The highest BCUT2D eigenvalue weighted by atomic mass is 16.6. The van der Waals surface area contributed by atoms with Crippen molar-refractivity contribution in [2.45, 2.75) is 72.1 Å². The number of furan rings is 1. The number of piperazine rings is 1. The Hall–Kier alpha value is -2.06. The van der Waals surface area contributed by atoms with E-state index in [0.29, 0.717) is 37.5 Å². The molecule has 0 bridgehead atoms. The maximum absolute atomic E-state index is 12.9. The molecule has 2 amide bonds. The fourth-order valence-electron chi connectivity index (χ4n) is 3.65. The Labute approximate surface area is 179 Å². The molecule has 1 atom stereocenters. The van der Waals surface area contributed by atoms with Crippen LogP contribution >= 0.6 is 0 Å². The molecule has 1 aromatic rings. The molecule has 2 rings (SSSR count). The second-order valence-electron chi connectivity index (χ2n) is 9.80. The summed E-state index contributed by atoms with van der Waals surface area (Å²) in [6.45, 7) is 16.7. The fourth-order valence-corrected chi connectivity index (χ4v) is 3.65. The molecule has 1 aromatic heterocycles. The summed E-state index contributed by atoms with van der Waals surface area (Å²) in [5.41, 5.74) is -1.87. The molecule has 0 spiro atoms. The molecule has 1 unspecified atom stereocenters. The number of aryl methyl sites for hydroxylation is 2. The topological polar surface area (TPSA) is 95.2 Å². The highest BCUT2D eigenvalue weighted by Gasteiger charge is 2.39. The highest BCUT2D eigenvalue weighted by Crippen LogP contribution is 2.27. The molecule has 0 aromatic carbocycles. The van der Waals surface area contributed by atoms with Gasteiger partial charge in [-0.1, -0.05) is 0 Å². The van der Waals surface area contributed by atoms with Crippen LogP contribution in [0.1, 0.15) is 58.6 Å². The zero-order valence-corrected chi connectivity index (χ0v) is 19.6. The summed E-state index contributed by atoms with van der Waals surface area (Å²) in [5.74, 6) is 1.19. The zero-order chi connectivity index (χ0) is 22.9. The van der Waals surface area contributed by atoms with Crippen molar-refractivity contribution in [2.75, 3.05) is 32.7 Å². The van der Waals surface area contributed by atoms with E-state index in [1.165, 1.54) is 0 Å². The zero-order valence-electron chi connectivity index (χ0n) is 19.6. The number of rotatable bonds is 5. The van der Waals surface area contributed by atoms with E-state index in [-0.39, 0.29) is 18.5 Å². The van der Waals surface area contributed by atoms with E-state index in [2.05, 4.69) is 5.32 Å². The minimum absolute atomic E-state index is 0.0763. The SMILES string of the molecule is Cc1cc(C(C)(O)CNC(=O)C(C)(C)N2CCN(C(=O)OC(C)(C)C)CC2)c(C)o1. The van der Waals surface area contributed by atoms with Crippen molar-refractivity contribution in [3.8, 4) is 0 Å². The lowest BCUT2D eigenvalue weighted by atomic mass is 9.95. The van der Waals surface area contributed by atoms with Crippen molar-refractivity contribution in [1.82, 2.24) is 15.1 Å². The molecule has 2 heterocycles. The van der Waals surface area contributed by atoms with Crippen LogP contribution in [-0.4, -0.2) is 70.8 Å². The van der Waals surface area contributed by atoms with E-state index in [4.69, 9.17) is 9.15 Å². The summed E-state index contributed by atoms with van der Waals surface area (Å²) in [7, 11) is 0. The number of hydrogen-bond acceptors (Lipinski definition) is 6. The van der Waals surface area contributed by atoms with Crippen LogP contribution in [0.4, 0.5) is 4.79 Å². The van der Waals surface area contributed by atoms with Crippen molar-refractivity contribution in [1.29, 1.82) is 0 Å². The standard InChI is InChI=1S/C22H37N3O5/c1-15-13-17(16(2)29-15)22(8,28)14-23-18(26)21(6,7)25-11-9-24(10-12-25)19(27)30-20(3,4)5/h13,28H,9-12,14H2,1-8H3,(H,23,26). The summed E-state index contributed by atoms with van der Waals surface area (Å²) in [6.07, 6.45) is -0.328. The van der Waals surface area contributed by atoms with E-state index in [9.17, 15) is 14.7 Å². The Morgan fingerprint density at radius 1 is 1.10 bits per heavy atom. The largest absolute Gasteiger partial charge is 0.466 e. The molecule has 8 heteroatoms. The smallest absolute Gasteiger partial charge is 0.410 e. The van der Waals surface area contributed by atoms with Crippen molar-refractivity contribution in [3.05, 3.63) is 23.2 Å². The number of carbonyl (C=O) groups is 2. The molecule has 30 heavy (non-hydrogen) atoms. The Morgan fingerprint density at radius 2 is 1.67 bits per heavy atom. The van der Waals surface area contributed by atoms with Gasteiger partial charge in [0.1, 0.15) is 22.7 Å². The molecule has 2 N–H and O–H groups in total. The van der Waals surface area contributed by atoms with Crippen molar-refractivity contribution in [3.63, 3.8) is 0 Å². The number of ether oxygens (including phenoxy) is 1. The van der Waals surface area contributed by atoms with Gasteiger partial charge in [0, 0.05) is 31.7 Å². The van der Waals surface area contributed by atoms with Crippen molar-refractivity contribution >= 4 is 12.0 Å². The molecule has 170 valence electrons. The lowest BCUT2D eigenvalue weighted by Gasteiger charge is -2.43. The van der Waals surface area contributed by atoms with E-state index in [1.54, 1.807) is 24.8 Å². The van der Waals surface area contributed by atoms with Gasteiger partial charge in [0.25, 0.3) is 0 Å². The Kier molecular flexibility index (Phi) is 6.93. The molecule has 0 radical (unpaired) electrons. The molecule has 1 aliphatic rings. The summed E-state index contributed by atoms with van der Waals surface area (Å²) in [4.78, 5) is 28.9. The quantitative estimate of drug-likeness (QED) is 0.756. The Bertz CT molecular complexity index is 768. The van der Waals surface area contributed by atoms with E-state index in [0.717, 1.165) is 5.76 Å². The molecular formula is C22H37N3O5. The van der Waals surface area contributed by atoms with Gasteiger partial charge in [-0.3, -0.25) is 9.69 Å². The van der Waals surface area contributed by atoms with Gasteiger partial charge in [0.15, 0.2) is 0 Å². The van der Waals surface area contributed by atoms with Crippen LogP contribution in [0.15, 0.2) is 10.5 Å². The summed E-state index contributed by atoms with van der Waals surface area (Å²) in [5, 5.41) is 13.7. The van der Waals surface area contributed by atoms with Crippen LogP contribution in [0.25, 0.3) is 0 Å². The highest BCUT2D eigenvalue weighted by molar-refractivity contribution is 5.85. The second-order valence-corrected chi connectivity index (χ2v) is 9.80. The summed E-state index contributed by atoms with van der Waals surface area (Å²) >= 11 is 0. The number of nitrogens with zero attached hydrogens (tertiary/aromatic N) is 2. The maximum Gasteiger partial charge on any atom is 0.410 e. The number of hydrogen-bond donors (Lipinski definition) is 2. The first-order valence-electron chi connectivity index (χ1n) is 10.4. The second kappa shape index (κ2) is 8.59. The third kappa shape index (κ3) is 5.76. The molecule has 8 nitrogen and oxygen atoms in total. The average Bonchev–Trinajstić information content (AvgIpc) is 2.97. The molecule has 1 aliphatic heterocycles. The molecule has 0 saturated carbocycles. The van der Waals surface area contributed by atoms with Gasteiger partial charge in [0.2, 0.25) is 5.91 Å². The average molecular weight is 424 g/mol. The van der Waals surface area contributed by atoms with Gasteiger partial charge < -0.3 is 24.5 Å². The minimum Gasteiger partial charge on any atom is -0.466 e. The Balaban J connectivity index is 1.93. The normalized spacial score (nSPS) is 18.1. The number of nitrogens with one attached hydrogen (secondary N) is 1. The van der Waals surface area contributed by atoms with Gasteiger partial charge in [0.05, 0.1) is 12.1 Å². The van der Waals surface area contributed by atoms with Crippen LogP contribution in [0, 0.1) is 13.8 Å². The van der Waals surface area contributed by atoms with Crippen LogP contribution in [0.2, 0.25) is 0 Å². The van der Waals surface area contributed by atoms with Gasteiger partial charge in [-0.05, 0) is 61.5 Å². The van der Waals surface area contributed by atoms with Gasteiger partial charge in [-0.2, -0.15) is 0 Å². The van der Waals surface area contributed by atoms with Crippen LogP contribution < -0.4 is 5.32 Å².